The lowest BCUT2D eigenvalue weighted by atomic mass is 9.98. The van der Waals surface area contributed by atoms with Crippen molar-refractivity contribution in [3.8, 4) is 0 Å². The summed E-state index contributed by atoms with van der Waals surface area (Å²) >= 11 is 0. The van der Waals surface area contributed by atoms with Crippen molar-refractivity contribution in [3.63, 3.8) is 0 Å². The van der Waals surface area contributed by atoms with Gasteiger partial charge >= 0.3 is 0 Å². The Labute approximate surface area is 103 Å². The Kier molecular flexibility index (Phi) is 4.80. The molecule has 98 valence electrons. The summed E-state index contributed by atoms with van der Waals surface area (Å²) in [6.07, 6.45) is 5.45. The molecule has 0 unspecified atom stereocenters. The Morgan fingerprint density at radius 3 is 2.41 bits per heavy atom. The van der Waals surface area contributed by atoms with Crippen LogP contribution in [0.4, 0.5) is 0 Å². The van der Waals surface area contributed by atoms with Crippen molar-refractivity contribution in [1.82, 2.24) is 5.32 Å². The second-order valence-electron chi connectivity index (χ2n) is 5.19. The minimum atomic E-state index is 0.00685. The maximum atomic E-state index is 11.5. The largest absolute Gasteiger partial charge is 0.382 e. The number of rotatable bonds is 9. The summed E-state index contributed by atoms with van der Waals surface area (Å²) in [5.41, 5.74) is 0. The van der Waals surface area contributed by atoms with Crippen LogP contribution >= 0.6 is 0 Å². The molecule has 0 aromatic rings. The molecule has 2 fully saturated rings. The Morgan fingerprint density at radius 1 is 1.24 bits per heavy atom. The van der Waals surface area contributed by atoms with Crippen molar-refractivity contribution in [2.75, 3.05) is 33.5 Å². The van der Waals surface area contributed by atoms with E-state index in [4.69, 9.17) is 9.47 Å². The second kappa shape index (κ2) is 6.36. The predicted molar refractivity (Wildman–Crippen MR) is 64.6 cm³/mol. The summed E-state index contributed by atoms with van der Waals surface area (Å²) in [5.74, 6) is 2.51. The number of carbonyl (C=O) groups is 1. The standard InChI is InChI=1S/C13H23NO3/c1-16-6-7-17-9-13(15)14-8-12(10-2-3-10)11-4-5-11/h10-12H,2-9H2,1H3,(H,14,15). The van der Waals surface area contributed by atoms with Gasteiger partial charge in [-0.25, -0.2) is 0 Å². The van der Waals surface area contributed by atoms with Gasteiger partial charge in [0.1, 0.15) is 6.61 Å². The highest BCUT2D eigenvalue weighted by molar-refractivity contribution is 5.77. The zero-order chi connectivity index (χ0) is 12.1. The third kappa shape index (κ3) is 4.64. The highest BCUT2D eigenvalue weighted by atomic mass is 16.5. The van der Waals surface area contributed by atoms with Gasteiger partial charge in [-0.3, -0.25) is 4.79 Å². The number of ether oxygens (including phenoxy) is 2. The smallest absolute Gasteiger partial charge is 0.246 e. The van der Waals surface area contributed by atoms with Crippen LogP contribution in [0.15, 0.2) is 0 Å². The van der Waals surface area contributed by atoms with Crippen LogP contribution in [0.25, 0.3) is 0 Å². The van der Waals surface area contributed by atoms with Gasteiger partial charge in [-0.15, -0.1) is 0 Å². The summed E-state index contributed by atoms with van der Waals surface area (Å²) < 4.78 is 10.0. The maximum absolute atomic E-state index is 11.5. The van der Waals surface area contributed by atoms with Crippen LogP contribution in [0.5, 0.6) is 0 Å². The van der Waals surface area contributed by atoms with Crippen LogP contribution in [0, 0.1) is 17.8 Å². The molecule has 17 heavy (non-hydrogen) atoms. The first-order valence-electron chi connectivity index (χ1n) is 6.64. The molecule has 0 radical (unpaired) electrons. The molecule has 0 aromatic heterocycles. The van der Waals surface area contributed by atoms with E-state index in [1.165, 1.54) is 25.7 Å². The Hall–Kier alpha value is -0.610. The van der Waals surface area contributed by atoms with E-state index < -0.39 is 0 Å². The third-order valence-corrected chi connectivity index (χ3v) is 3.65. The number of amides is 1. The van der Waals surface area contributed by atoms with Gasteiger partial charge in [0.25, 0.3) is 0 Å². The molecule has 4 nitrogen and oxygen atoms in total. The van der Waals surface area contributed by atoms with E-state index in [1.54, 1.807) is 7.11 Å². The Balaban J connectivity index is 1.55. The molecule has 0 aromatic carbocycles. The van der Waals surface area contributed by atoms with Gasteiger partial charge in [-0.05, 0) is 43.4 Å². The first kappa shape index (κ1) is 12.8. The Morgan fingerprint density at radius 2 is 1.88 bits per heavy atom. The predicted octanol–water partition coefficient (Wildman–Crippen LogP) is 1.20. The molecular weight excluding hydrogens is 218 g/mol. The van der Waals surface area contributed by atoms with E-state index in [-0.39, 0.29) is 12.5 Å². The third-order valence-electron chi connectivity index (χ3n) is 3.65. The SMILES string of the molecule is COCCOCC(=O)NCC(C1CC1)C1CC1. The summed E-state index contributed by atoms with van der Waals surface area (Å²) in [6, 6.07) is 0. The van der Waals surface area contributed by atoms with Crippen LogP contribution in [0.2, 0.25) is 0 Å². The van der Waals surface area contributed by atoms with Crippen molar-refractivity contribution in [3.05, 3.63) is 0 Å². The highest BCUT2D eigenvalue weighted by Gasteiger charge is 2.41. The number of methoxy groups -OCH3 is 1. The van der Waals surface area contributed by atoms with Crippen molar-refractivity contribution < 1.29 is 14.3 Å². The fourth-order valence-corrected chi connectivity index (χ4v) is 2.36. The van der Waals surface area contributed by atoms with Crippen LogP contribution in [0.3, 0.4) is 0 Å². The number of carbonyl (C=O) groups excluding carboxylic acids is 1. The molecule has 0 spiro atoms. The molecule has 2 rings (SSSR count). The fraction of sp³-hybridized carbons (Fsp3) is 0.923. The molecule has 0 bridgehead atoms. The highest BCUT2D eigenvalue weighted by Crippen LogP contribution is 2.48. The van der Waals surface area contributed by atoms with E-state index in [9.17, 15) is 4.79 Å². The average Bonchev–Trinajstić information content (AvgIpc) is 3.15. The minimum absolute atomic E-state index is 0.00685. The molecule has 4 heteroatoms. The quantitative estimate of drug-likeness (QED) is 0.617. The average molecular weight is 241 g/mol. The molecule has 1 amide bonds. The molecular formula is C13H23NO3. The second-order valence-corrected chi connectivity index (χ2v) is 5.19. The van der Waals surface area contributed by atoms with E-state index in [1.807, 2.05) is 0 Å². The zero-order valence-electron chi connectivity index (χ0n) is 10.6. The summed E-state index contributed by atoms with van der Waals surface area (Å²) in [4.78, 5) is 11.5. The van der Waals surface area contributed by atoms with Gasteiger partial charge in [-0.2, -0.15) is 0 Å². The van der Waals surface area contributed by atoms with E-state index in [0.29, 0.717) is 13.2 Å². The molecule has 2 aliphatic carbocycles. The molecule has 0 heterocycles. The summed E-state index contributed by atoms with van der Waals surface area (Å²) in [6.45, 7) is 2.03. The van der Waals surface area contributed by atoms with Gasteiger partial charge < -0.3 is 14.8 Å². The van der Waals surface area contributed by atoms with Gasteiger partial charge in [0.15, 0.2) is 0 Å². The topological polar surface area (TPSA) is 47.6 Å². The van der Waals surface area contributed by atoms with Gasteiger partial charge in [0.05, 0.1) is 13.2 Å². The molecule has 0 saturated heterocycles. The summed E-state index contributed by atoms with van der Waals surface area (Å²) in [7, 11) is 1.62. The normalized spacial score (nSPS) is 19.6. The van der Waals surface area contributed by atoms with Crippen molar-refractivity contribution >= 4 is 5.91 Å². The number of hydrogen-bond donors (Lipinski definition) is 1. The maximum Gasteiger partial charge on any atom is 0.246 e. The van der Waals surface area contributed by atoms with Crippen LogP contribution < -0.4 is 5.32 Å². The van der Waals surface area contributed by atoms with E-state index in [2.05, 4.69) is 5.32 Å². The molecule has 1 N–H and O–H groups in total. The lowest BCUT2D eigenvalue weighted by molar-refractivity contribution is -0.126. The molecule has 2 aliphatic rings. The fourth-order valence-electron chi connectivity index (χ4n) is 2.36. The van der Waals surface area contributed by atoms with E-state index in [0.717, 1.165) is 24.3 Å². The zero-order valence-corrected chi connectivity index (χ0v) is 10.6. The number of nitrogens with one attached hydrogen (secondary N) is 1. The van der Waals surface area contributed by atoms with Gasteiger partial charge in [0.2, 0.25) is 5.91 Å². The summed E-state index contributed by atoms with van der Waals surface area (Å²) in [5, 5.41) is 3.00. The van der Waals surface area contributed by atoms with Crippen molar-refractivity contribution in [2.24, 2.45) is 17.8 Å². The van der Waals surface area contributed by atoms with E-state index >= 15 is 0 Å². The minimum Gasteiger partial charge on any atom is -0.382 e. The number of hydrogen-bond acceptors (Lipinski definition) is 3. The van der Waals surface area contributed by atoms with Crippen LogP contribution in [-0.2, 0) is 14.3 Å². The first-order valence-corrected chi connectivity index (χ1v) is 6.64. The van der Waals surface area contributed by atoms with Crippen molar-refractivity contribution in [2.45, 2.75) is 25.7 Å². The van der Waals surface area contributed by atoms with Crippen LogP contribution in [-0.4, -0.2) is 39.4 Å². The lowest BCUT2D eigenvalue weighted by Crippen LogP contribution is -2.34. The van der Waals surface area contributed by atoms with Crippen LogP contribution in [0.1, 0.15) is 25.7 Å². The molecule has 2 saturated carbocycles. The van der Waals surface area contributed by atoms with Crippen molar-refractivity contribution in [1.29, 1.82) is 0 Å². The first-order chi connectivity index (χ1) is 8.31. The van der Waals surface area contributed by atoms with Gasteiger partial charge in [-0.1, -0.05) is 0 Å². The molecule has 0 atom stereocenters. The molecule has 0 aliphatic heterocycles. The monoisotopic (exact) mass is 241 g/mol. The Bertz CT molecular complexity index is 237. The lowest BCUT2D eigenvalue weighted by Gasteiger charge is -2.16. The van der Waals surface area contributed by atoms with Gasteiger partial charge in [0, 0.05) is 13.7 Å².